The Morgan fingerprint density at radius 2 is 2.33 bits per heavy atom. The normalized spacial score (nSPS) is 27.9. The molecule has 0 spiro atoms. The van der Waals surface area contributed by atoms with Gasteiger partial charge in [0, 0.05) is 25.6 Å². The number of hydrogen-bond donors (Lipinski definition) is 2. The van der Waals surface area contributed by atoms with Gasteiger partial charge in [-0.15, -0.1) is 0 Å². The van der Waals surface area contributed by atoms with Crippen molar-refractivity contribution in [3.63, 3.8) is 0 Å². The fourth-order valence-corrected chi connectivity index (χ4v) is 2.37. The van der Waals surface area contributed by atoms with Crippen molar-refractivity contribution in [1.82, 2.24) is 10.2 Å². The fourth-order valence-electron chi connectivity index (χ4n) is 2.37. The summed E-state index contributed by atoms with van der Waals surface area (Å²) in [5.74, 6) is 0.510. The number of likely N-dealkylation sites (tertiary alicyclic amines) is 1. The van der Waals surface area contributed by atoms with Crippen LogP contribution in [0.2, 0.25) is 0 Å². The summed E-state index contributed by atoms with van der Waals surface area (Å²) in [7, 11) is 2.03. The van der Waals surface area contributed by atoms with Crippen LogP contribution in [-0.2, 0) is 4.79 Å². The molecule has 15 heavy (non-hydrogen) atoms. The highest BCUT2D eigenvalue weighted by molar-refractivity contribution is 5.73. The van der Waals surface area contributed by atoms with E-state index in [2.05, 4.69) is 17.1 Å². The Hall–Kier alpha value is -0.610. The predicted octanol–water partition coefficient (Wildman–Crippen LogP) is 0.182. The van der Waals surface area contributed by atoms with E-state index in [1.807, 2.05) is 7.05 Å². The Labute approximate surface area is 92.2 Å². The molecule has 1 fully saturated rings. The molecule has 4 nitrogen and oxygen atoms in total. The third kappa shape index (κ3) is 3.80. The highest BCUT2D eigenvalue weighted by Gasteiger charge is 2.26. The summed E-state index contributed by atoms with van der Waals surface area (Å²) in [6.45, 7) is 5.22. The minimum Gasteiger partial charge on any atom is -0.370 e. The number of carbonyl (C=O) groups is 1. The van der Waals surface area contributed by atoms with E-state index in [1.54, 1.807) is 0 Å². The molecule has 88 valence electrons. The first kappa shape index (κ1) is 12.5. The fraction of sp³-hybridized carbons (Fsp3) is 0.909. The molecule has 0 saturated carbocycles. The second kappa shape index (κ2) is 6.08. The SMILES string of the molecule is CCC1CN(CCC(N)=O)CCC1NC. The highest BCUT2D eigenvalue weighted by Crippen LogP contribution is 2.19. The van der Waals surface area contributed by atoms with Gasteiger partial charge in [0.05, 0.1) is 0 Å². The average Bonchev–Trinajstić information content (AvgIpc) is 2.25. The zero-order chi connectivity index (χ0) is 11.3. The number of rotatable bonds is 5. The van der Waals surface area contributed by atoms with E-state index in [0.29, 0.717) is 18.4 Å². The Kier molecular flexibility index (Phi) is 5.05. The molecule has 0 aromatic carbocycles. The van der Waals surface area contributed by atoms with Gasteiger partial charge in [0.2, 0.25) is 5.91 Å². The van der Waals surface area contributed by atoms with Gasteiger partial charge in [0.15, 0.2) is 0 Å². The number of carbonyl (C=O) groups excluding carboxylic acids is 1. The van der Waals surface area contributed by atoms with Gasteiger partial charge in [-0.3, -0.25) is 4.79 Å². The molecule has 0 aliphatic carbocycles. The maximum atomic E-state index is 10.7. The van der Waals surface area contributed by atoms with Gasteiger partial charge in [0.1, 0.15) is 0 Å². The molecule has 4 heteroatoms. The van der Waals surface area contributed by atoms with Crippen molar-refractivity contribution in [3.05, 3.63) is 0 Å². The lowest BCUT2D eigenvalue weighted by molar-refractivity contribution is -0.118. The number of amides is 1. The number of piperidine rings is 1. The van der Waals surface area contributed by atoms with E-state index < -0.39 is 0 Å². The van der Waals surface area contributed by atoms with Gasteiger partial charge in [-0.05, 0) is 25.9 Å². The maximum absolute atomic E-state index is 10.7. The van der Waals surface area contributed by atoms with Crippen molar-refractivity contribution in [3.8, 4) is 0 Å². The second-order valence-corrected chi connectivity index (χ2v) is 4.37. The molecule has 0 radical (unpaired) electrons. The maximum Gasteiger partial charge on any atom is 0.218 e. The van der Waals surface area contributed by atoms with Crippen molar-refractivity contribution >= 4 is 5.91 Å². The molecular formula is C11H23N3O. The van der Waals surface area contributed by atoms with E-state index in [1.165, 1.54) is 12.8 Å². The Morgan fingerprint density at radius 3 is 2.87 bits per heavy atom. The van der Waals surface area contributed by atoms with Crippen LogP contribution in [0.4, 0.5) is 0 Å². The monoisotopic (exact) mass is 213 g/mol. The lowest BCUT2D eigenvalue weighted by Crippen LogP contribution is -2.48. The van der Waals surface area contributed by atoms with E-state index in [9.17, 15) is 4.79 Å². The topological polar surface area (TPSA) is 58.4 Å². The summed E-state index contributed by atoms with van der Waals surface area (Å²) in [6, 6.07) is 0.639. The smallest absolute Gasteiger partial charge is 0.218 e. The zero-order valence-electron chi connectivity index (χ0n) is 9.83. The minimum absolute atomic E-state index is 0.196. The second-order valence-electron chi connectivity index (χ2n) is 4.37. The van der Waals surface area contributed by atoms with E-state index in [4.69, 9.17) is 5.73 Å². The Morgan fingerprint density at radius 1 is 1.60 bits per heavy atom. The summed E-state index contributed by atoms with van der Waals surface area (Å²) < 4.78 is 0. The standard InChI is InChI=1S/C11H23N3O/c1-3-9-8-14(7-5-11(12)15)6-4-10(9)13-2/h9-10,13H,3-8H2,1-2H3,(H2,12,15). The van der Waals surface area contributed by atoms with Gasteiger partial charge in [-0.25, -0.2) is 0 Å². The van der Waals surface area contributed by atoms with Gasteiger partial charge in [0.25, 0.3) is 0 Å². The largest absolute Gasteiger partial charge is 0.370 e. The summed E-state index contributed by atoms with van der Waals surface area (Å²) in [5, 5.41) is 3.37. The van der Waals surface area contributed by atoms with E-state index >= 15 is 0 Å². The number of nitrogens with zero attached hydrogens (tertiary/aromatic N) is 1. The van der Waals surface area contributed by atoms with Crippen molar-refractivity contribution in [2.24, 2.45) is 11.7 Å². The molecule has 1 aliphatic rings. The molecule has 2 atom stereocenters. The lowest BCUT2D eigenvalue weighted by atomic mass is 9.90. The van der Waals surface area contributed by atoms with Crippen LogP contribution in [0.3, 0.4) is 0 Å². The van der Waals surface area contributed by atoms with Crippen molar-refractivity contribution in [2.75, 3.05) is 26.7 Å². The van der Waals surface area contributed by atoms with Gasteiger partial charge in [-0.2, -0.15) is 0 Å². The average molecular weight is 213 g/mol. The number of primary amides is 1. The number of nitrogens with two attached hydrogens (primary N) is 1. The van der Waals surface area contributed by atoms with Crippen molar-refractivity contribution < 1.29 is 4.79 Å². The lowest BCUT2D eigenvalue weighted by Gasteiger charge is -2.38. The van der Waals surface area contributed by atoms with Crippen LogP contribution in [0.5, 0.6) is 0 Å². The molecule has 1 aliphatic heterocycles. The molecule has 1 amide bonds. The summed E-state index contributed by atoms with van der Waals surface area (Å²) in [6.07, 6.45) is 2.85. The van der Waals surface area contributed by atoms with Crippen LogP contribution in [-0.4, -0.2) is 43.5 Å². The van der Waals surface area contributed by atoms with Crippen LogP contribution < -0.4 is 11.1 Å². The van der Waals surface area contributed by atoms with E-state index in [-0.39, 0.29) is 5.91 Å². The summed E-state index contributed by atoms with van der Waals surface area (Å²) >= 11 is 0. The minimum atomic E-state index is -0.196. The van der Waals surface area contributed by atoms with Crippen LogP contribution in [0, 0.1) is 5.92 Å². The number of nitrogens with one attached hydrogen (secondary N) is 1. The predicted molar refractivity (Wildman–Crippen MR) is 61.5 cm³/mol. The molecule has 1 heterocycles. The van der Waals surface area contributed by atoms with Crippen molar-refractivity contribution in [2.45, 2.75) is 32.2 Å². The first-order chi connectivity index (χ1) is 7.17. The van der Waals surface area contributed by atoms with Crippen molar-refractivity contribution in [1.29, 1.82) is 0 Å². The highest BCUT2D eigenvalue weighted by atomic mass is 16.1. The molecule has 0 bridgehead atoms. The van der Waals surface area contributed by atoms with Crippen LogP contribution in [0.15, 0.2) is 0 Å². The third-order valence-corrected chi connectivity index (χ3v) is 3.39. The summed E-state index contributed by atoms with van der Waals surface area (Å²) in [4.78, 5) is 13.1. The molecule has 2 unspecified atom stereocenters. The van der Waals surface area contributed by atoms with Crippen LogP contribution >= 0.6 is 0 Å². The first-order valence-electron chi connectivity index (χ1n) is 5.85. The molecule has 0 aromatic rings. The Bertz CT molecular complexity index is 208. The molecule has 0 aromatic heterocycles. The quantitative estimate of drug-likeness (QED) is 0.685. The van der Waals surface area contributed by atoms with Crippen LogP contribution in [0.1, 0.15) is 26.2 Å². The third-order valence-electron chi connectivity index (χ3n) is 3.39. The first-order valence-corrected chi connectivity index (χ1v) is 5.85. The summed E-state index contributed by atoms with van der Waals surface area (Å²) in [5.41, 5.74) is 5.15. The van der Waals surface area contributed by atoms with Gasteiger partial charge >= 0.3 is 0 Å². The van der Waals surface area contributed by atoms with Crippen LogP contribution in [0.25, 0.3) is 0 Å². The molecule has 3 N–H and O–H groups in total. The zero-order valence-corrected chi connectivity index (χ0v) is 9.83. The molecule has 1 rings (SSSR count). The molecular weight excluding hydrogens is 190 g/mol. The van der Waals surface area contributed by atoms with Gasteiger partial charge in [-0.1, -0.05) is 13.3 Å². The van der Waals surface area contributed by atoms with E-state index in [0.717, 1.165) is 19.6 Å². The number of hydrogen-bond acceptors (Lipinski definition) is 3. The van der Waals surface area contributed by atoms with Gasteiger partial charge < -0.3 is 16.0 Å². The Balaban J connectivity index is 2.35. The molecule has 1 saturated heterocycles.